The Kier molecular flexibility index (Phi) is 4.72. The lowest BCUT2D eigenvalue weighted by molar-refractivity contribution is 0.0699. The summed E-state index contributed by atoms with van der Waals surface area (Å²) in [7, 11) is 0. The molecule has 2 heterocycles. The number of hydrazine groups is 1. The van der Waals surface area contributed by atoms with Crippen LogP contribution in [0.4, 0.5) is 11.6 Å². The van der Waals surface area contributed by atoms with Crippen molar-refractivity contribution >= 4 is 11.6 Å². The van der Waals surface area contributed by atoms with Crippen molar-refractivity contribution in [1.29, 1.82) is 0 Å². The van der Waals surface area contributed by atoms with Gasteiger partial charge in [0.1, 0.15) is 17.5 Å². The highest BCUT2D eigenvalue weighted by Gasteiger charge is 2.13. The molecule has 1 aromatic heterocycles. The van der Waals surface area contributed by atoms with E-state index in [1.165, 1.54) is 0 Å². The summed E-state index contributed by atoms with van der Waals surface area (Å²) in [5.74, 6) is 8.33. The van der Waals surface area contributed by atoms with Crippen molar-refractivity contribution in [3.63, 3.8) is 0 Å². The zero-order valence-corrected chi connectivity index (χ0v) is 10.8. The van der Waals surface area contributed by atoms with Crippen LogP contribution >= 0.6 is 0 Å². The molecule has 6 nitrogen and oxygen atoms in total. The van der Waals surface area contributed by atoms with Crippen molar-refractivity contribution in [3.8, 4) is 0 Å². The predicted octanol–water partition coefficient (Wildman–Crippen LogP) is 1.16. The van der Waals surface area contributed by atoms with Crippen molar-refractivity contribution < 1.29 is 4.74 Å². The molecular weight excluding hydrogens is 230 g/mol. The summed E-state index contributed by atoms with van der Waals surface area (Å²) < 4.78 is 5.34. The van der Waals surface area contributed by atoms with Crippen LogP contribution in [0.2, 0.25) is 0 Å². The minimum Gasteiger partial charge on any atom is -0.381 e. The van der Waals surface area contributed by atoms with Gasteiger partial charge in [0.05, 0.1) is 0 Å². The van der Waals surface area contributed by atoms with Crippen LogP contribution in [-0.4, -0.2) is 29.7 Å². The van der Waals surface area contributed by atoms with Gasteiger partial charge in [0.25, 0.3) is 0 Å². The highest BCUT2D eigenvalue weighted by molar-refractivity contribution is 5.46. The van der Waals surface area contributed by atoms with Crippen LogP contribution in [0.3, 0.4) is 0 Å². The summed E-state index contributed by atoms with van der Waals surface area (Å²) >= 11 is 0. The summed E-state index contributed by atoms with van der Waals surface area (Å²) in [5, 5.41) is 3.36. The van der Waals surface area contributed by atoms with E-state index in [9.17, 15) is 0 Å². The number of aromatic nitrogens is 2. The first-order valence-electron chi connectivity index (χ1n) is 6.48. The predicted molar refractivity (Wildman–Crippen MR) is 71.3 cm³/mol. The third-order valence-corrected chi connectivity index (χ3v) is 3.15. The summed E-state index contributed by atoms with van der Waals surface area (Å²) in [4.78, 5) is 8.69. The van der Waals surface area contributed by atoms with Crippen LogP contribution in [0.15, 0.2) is 6.07 Å². The minimum absolute atomic E-state index is 0.649. The first-order valence-corrected chi connectivity index (χ1v) is 6.48. The SMILES string of the molecule is CCc1nc(NN)cc(NCC2CCOCC2)n1. The van der Waals surface area contributed by atoms with Crippen molar-refractivity contribution in [1.82, 2.24) is 9.97 Å². The first kappa shape index (κ1) is 13.0. The number of hydrogen-bond donors (Lipinski definition) is 3. The Morgan fingerprint density at radius 2 is 2.06 bits per heavy atom. The van der Waals surface area contributed by atoms with E-state index in [-0.39, 0.29) is 0 Å². The van der Waals surface area contributed by atoms with Crippen LogP contribution < -0.4 is 16.6 Å². The summed E-state index contributed by atoms with van der Waals surface area (Å²) in [6, 6.07) is 1.83. The molecule has 1 aromatic rings. The van der Waals surface area contributed by atoms with Gasteiger partial charge in [-0.1, -0.05) is 6.92 Å². The van der Waals surface area contributed by atoms with Crippen LogP contribution in [0.25, 0.3) is 0 Å². The molecule has 18 heavy (non-hydrogen) atoms. The molecule has 0 unspecified atom stereocenters. The Labute approximate surface area is 107 Å². The Morgan fingerprint density at radius 1 is 1.33 bits per heavy atom. The number of nitrogens with two attached hydrogens (primary N) is 1. The van der Waals surface area contributed by atoms with Crippen molar-refractivity contribution in [2.45, 2.75) is 26.2 Å². The van der Waals surface area contributed by atoms with E-state index in [1.54, 1.807) is 0 Å². The van der Waals surface area contributed by atoms with E-state index in [1.807, 2.05) is 13.0 Å². The maximum atomic E-state index is 5.40. The van der Waals surface area contributed by atoms with Gasteiger partial charge < -0.3 is 15.5 Å². The third-order valence-electron chi connectivity index (χ3n) is 3.15. The Morgan fingerprint density at radius 3 is 2.72 bits per heavy atom. The lowest BCUT2D eigenvalue weighted by atomic mass is 10.0. The molecule has 1 saturated heterocycles. The minimum atomic E-state index is 0.649. The highest BCUT2D eigenvalue weighted by Crippen LogP contribution is 2.16. The number of aryl methyl sites for hydroxylation is 1. The highest BCUT2D eigenvalue weighted by atomic mass is 16.5. The smallest absolute Gasteiger partial charge is 0.145 e. The third kappa shape index (κ3) is 3.54. The van der Waals surface area contributed by atoms with Crippen molar-refractivity contribution in [2.75, 3.05) is 30.5 Å². The molecule has 0 spiro atoms. The van der Waals surface area contributed by atoms with Gasteiger partial charge in [-0.2, -0.15) is 0 Å². The van der Waals surface area contributed by atoms with E-state index >= 15 is 0 Å². The maximum Gasteiger partial charge on any atom is 0.145 e. The molecule has 0 amide bonds. The van der Waals surface area contributed by atoms with Crippen molar-refractivity contribution in [3.05, 3.63) is 11.9 Å². The largest absolute Gasteiger partial charge is 0.381 e. The monoisotopic (exact) mass is 251 g/mol. The zero-order chi connectivity index (χ0) is 12.8. The quantitative estimate of drug-likeness (QED) is 0.538. The Bertz CT molecular complexity index is 356. The number of hydrogen-bond acceptors (Lipinski definition) is 6. The molecule has 100 valence electrons. The van der Waals surface area contributed by atoms with Crippen LogP contribution in [0, 0.1) is 5.92 Å². The van der Waals surface area contributed by atoms with Gasteiger partial charge in [0.15, 0.2) is 0 Å². The molecule has 1 aliphatic rings. The molecule has 0 saturated carbocycles. The van der Waals surface area contributed by atoms with E-state index < -0.39 is 0 Å². The second-order valence-corrected chi connectivity index (χ2v) is 4.49. The average molecular weight is 251 g/mol. The Balaban J connectivity index is 1.94. The molecule has 6 heteroatoms. The van der Waals surface area contributed by atoms with Gasteiger partial charge in [-0.15, -0.1) is 0 Å². The van der Waals surface area contributed by atoms with Gasteiger partial charge in [0, 0.05) is 32.2 Å². The van der Waals surface area contributed by atoms with Gasteiger partial charge >= 0.3 is 0 Å². The van der Waals surface area contributed by atoms with Crippen LogP contribution in [0.5, 0.6) is 0 Å². The van der Waals surface area contributed by atoms with E-state index in [0.29, 0.717) is 11.7 Å². The molecule has 0 aliphatic carbocycles. The fourth-order valence-electron chi connectivity index (χ4n) is 2.02. The standard InChI is InChI=1S/C12H21N5O/c1-2-10-15-11(7-12(16-10)17-13)14-8-9-3-5-18-6-4-9/h7,9H,2-6,8,13H2,1H3,(H2,14,15,16,17). The summed E-state index contributed by atoms with van der Waals surface area (Å²) in [6.07, 6.45) is 3.02. The second-order valence-electron chi connectivity index (χ2n) is 4.49. The van der Waals surface area contributed by atoms with Gasteiger partial charge in [-0.05, 0) is 18.8 Å². The second kappa shape index (κ2) is 6.51. The first-order chi connectivity index (χ1) is 8.81. The van der Waals surface area contributed by atoms with Crippen LogP contribution in [-0.2, 0) is 11.2 Å². The van der Waals surface area contributed by atoms with Crippen LogP contribution in [0.1, 0.15) is 25.6 Å². The molecule has 0 bridgehead atoms. The molecule has 0 aromatic carbocycles. The molecular formula is C12H21N5O. The number of nitrogen functional groups attached to an aromatic ring is 1. The van der Waals surface area contributed by atoms with Gasteiger partial charge in [-0.25, -0.2) is 15.8 Å². The number of anilines is 2. The molecule has 1 fully saturated rings. The lowest BCUT2D eigenvalue weighted by Gasteiger charge is -2.22. The lowest BCUT2D eigenvalue weighted by Crippen LogP contribution is -2.23. The Hall–Kier alpha value is -1.40. The fourth-order valence-corrected chi connectivity index (χ4v) is 2.02. The van der Waals surface area contributed by atoms with Gasteiger partial charge in [0.2, 0.25) is 0 Å². The topological polar surface area (TPSA) is 85.1 Å². The van der Waals surface area contributed by atoms with Gasteiger partial charge in [-0.3, -0.25) is 0 Å². The zero-order valence-electron chi connectivity index (χ0n) is 10.8. The number of rotatable bonds is 5. The average Bonchev–Trinajstić information content (AvgIpc) is 2.45. The fraction of sp³-hybridized carbons (Fsp3) is 0.667. The molecule has 1 aliphatic heterocycles. The molecule has 2 rings (SSSR count). The van der Waals surface area contributed by atoms with E-state index in [4.69, 9.17) is 10.6 Å². The molecule has 0 atom stereocenters. The normalized spacial score (nSPS) is 16.6. The van der Waals surface area contributed by atoms with E-state index in [0.717, 1.165) is 50.7 Å². The number of nitrogens with zero attached hydrogens (tertiary/aromatic N) is 2. The van der Waals surface area contributed by atoms with E-state index in [2.05, 4.69) is 20.7 Å². The number of ether oxygens (including phenoxy) is 1. The molecule has 0 radical (unpaired) electrons. The molecule has 4 N–H and O–H groups in total. The summed E-state index contributed by atoms with van der Waals surface area (Å²) in [5.41, 5.74) is 2.57. The maximum absolute atomic E-state index is 5.40. The number of nitrogens with one attached hydrogen (secondary N) is 2. The summed E-state index contributed by atoms with van der Waals surface area (Å²) in [6.45, 7) is 4.68. The van der Waals surface area contributed by atoms with Crippen molar-refractivity contribution in [2.24, 2.45) is 11.8 Å².